The molecule has 138 valence electrons. The Morgan fingerprint density at radius 2 is 1.73 bits per heavy atom. The van der Waals surface area contributed by atoms with E-state index in [1.165, 1.54) is 11.9 Å². The van der Waals surface area contributed by atoms with Gasteiger partial charge in [-0.05, 0) is 45.2 Å². The first-order chi connectivity index (χ1) is 12.5. The van der Waals surface area contributed by atoms with Crippen LogP contribution in [0, 0.1) is 0 Å². The molecule has 2 N–H and O–H groups in total. The maximum absolute atomic E-state index is 11.9. The summed E-state index contributed by atoms with van der Waals surface area (Å²) in [6.07, 6.45) is 3.06. The maximum Gasteiger partial charge on any atom is 0.271 e. The van der Waals surface area contributed by atoms with E-state index in [1.807, 2.05) is 26.0 Å². The van der Waals surface area contributed by atoms with Crippen LogP contribution in [-0.4, -0.2) is 60.0 Å². The molecule has 7 nitrogen and oxygen atoms in total. The van der Waals surface area contributed by atoms with Crippen LogP contribution in [-0.2, 0) is 0 Å². The quantitative estimate of drug-likeness (QED) is 0.857. The number of hydrogen-bond donors (Lipinski definition) is 2. The van der Waals surface area contributed by atoms with Gasteiger partial charge in [0.1, 0.15) is 11.5 Å². The molecule has 0 aliphatic carbocycles. The number of aromatic nitrogens is 2. The lowest BCUT2D eigenvalue weighted by molar-refractivity contribution is 0.0937. The number of carbonyl (C=O) groups excluding carboxylic acids is 1. The maximum atomic E-state index is 11.9. The molecule has 1 aromatic carbocycles. The van der Waals surface area contributed by atoms with Gasteiger partial charge in [-0.3, -0.25) is 4.79 Å². The Bertz CT molecular complexity index is 721. The van der Waals surface area contributed by atoms with Gasteiger partial charge in [-0.15, -0.1) is 0 Å². The van der Waals surface area contributed by atoms with E-state index in [-0.39, 0.29) is 11.9 Å². The van der Waals surface area contributed by atoms with Gasteiger partial charge in [0.25, 0.3) is 5.91 Å². The van der Waals surface area contributed by atoms with Crippen molar-refractivity contribution in [1.29, 1.82) is 0 Å². The summed E-state index contributed by atoms with van der Waals surface area (Å²) in [6.45, 7) is 8.10. The van der Waals surface area contributed by atoms with Gasteiger partial charge in [-0.25, -0.2) is 9.97 Å². The number of likely N-dealkylation sites (N-methyl/N-ethyl adjacent to an activating group) is 1. The number of benzene rings is 1. The summed E-state index contributed by atoms with van der Waals surface area (Å²) in [5.41, 5.74) is 2.49. The molecule has 1 amide bonds. The summed E-state index contributed by atoms with van der Waals surface area (Å²) in [7, 11) is 2.16. The second-order valence-corrected chi connectivity index (χ2v) is 6.88. The second-order valence-electron chi connectivity index (χ2n) is 6.88. The van der Waals surface area contributed by atoms with Crippen molar-refractivity contribution in [2.45, 2.75) is 19.9 Å². The fraction of sp³-hybridized carbons (Fsp3) is 0.421. The van der Waals surface area contributed by atoms with Gasteiger partial charge < -0.3 is 20.4 Å². The molecule has 0 radical (unpaired) electrons. The lowest BCUT2D eigenvalue weighted by Crippen LogP contribution is -2.44. The Morgan fingerprint density at radius 1 is 1.04 bits per heavy atom. The van der Waals surface area contributed by atoms with E-state index in [0.29, 0.717) is 11.5 Å². The normalized spacial score (nSPS) is 15.2. The molecule has 1 aliphatic heterocycles. The number of hydrogen-bond acceptors (Lipinski definition) is 6. The van der Waals surface area contributed by atoms with Crippen LogP contribution < -0.4 is 15.5 Å². The largest absolute Gasteiger partial charge is 0.369 e. The molecule has 3 rings (SSSR count). The number of carbonyl (C=O) groups is 1. The Labute approximate surface area is 154 Å². The van der Waals surface area contributed by atoms with Crippen molar-refractivity contribution < 1.29 is 4.79 Å². The van der Waals surface area contributed by atoms with E-state index in [9.17, 15) is 4.79 Å². The van der Waals surface area contributed by atoms with Crippen molar-refractivity contribution in [3.05, 3.63) is 42.4 Å². The average molecular weight is 354 g/mol. The third-order valence-corrected chi connectivity index (χ3v) is 4.31. The summed E-state index contributed by atoms with van der Waals surface area (Å²) in [4.78, 5) is 25.1. The van der Waals surface area contributed by atoms with Crippen molar-refractivity contribution in [3.8, 4) is 0 Å². The molecule has 2 aromatic rings. The topological polar surface area (TPSA) is 73.4 Å². The number of nitrogens with zero attached hydrogens (tertiary/aromatic N) is 4. The van der Waals surface area contributed by atoms with Crippen LogP contribution in [0.25, 0.3) is 0 Å². The summed E-state index contributed by atoms with van der Waals surface area (Å²) in [5.74, 6) is 0.397. The van der Waals surface area contributed by atoms with Crippen molar-refractivity contribution in [3.63, 3.8) is 0 Å². The number of nitrogens with one attached hydrogen (secondary N) is 2. The zero-order chi connectivity index (χ0) is 18.5. The van der Waals surface area contributed by atoms with Gasteiger partial charge >= 0.3 is 0 Å². The summed E-state index contributed by atoms with van der Waals surface area (Å²) >= 11 is 0. The second kappa shape index (κ2) is 8.14. The Kier molecular flexibility index (Phi) is 5.68. The Morgan fingerprint density at radius 3 is 2.31 bits per heavy atom. The minimum Gasteiger partial charge on any atom is -0.369 e. The molecule has 1 aromatic heterocycles. The molecule has 0 saturated carbocycles. The molecule has 2 heterocycles. The number of rotatable bonds is 5. The Balaban J connectivity index is 1.59. The third kappa shape index (κ3) is 4.70. The first-order valence-corrected chi connectivity index (χ1v) is 8.95. The van der Waals surface area contributed by atoms with Crippen LogP contribution in [0.5, 0.6) is 0 Å². The molecule has 0 bridgehead atoms. The molecule has 0 atom stereocenters. The predicted octanol–water partition coefficient (Wildman–Crippen LogP) is 2.11. The third-order valence-electron chi connectivity index (χ3n) is 4.31. The van der Waals surface area contributed by atoms with E-state index in [2.05, 4.69) is 49.6 Å². The molecule has 0 unspecified atom stereocenters. The highest BCUT2D eigenvalue weighted by Crippen LogP contribution is 2.21. The fourth-order valence-electron chi connectivity index (χ4n) is 2.81. The van der Waals surface area contributed by atoms with Gasteiger partial charge in [0.15, 0.2) is 0 Å². The minimum absolute atomic E-state index is 0.0703. The highest BCUT2D eigenvalue weighted by atomic mass is 16.1. The van der Waals surface area contributed by atoms with Crippen molar-refractivity contribution in [2.24, 2.45) is 0 Å². The van der Waals surface area contributed by atoms with E-state index in [1.54, 1.807) is 6.20 Å². The van der Waals surface area contributed by atoms with Crippen LogP contribution in [0.1, 0.15) is 24.3 Å². The van der Waals surface area contributed by atoms with Crippen molar-refractivity contribution in [2.75, 3.05) is 43.4 Å². The molecule has 1 aliphatic rings. The van der Waals surface area contributed by atoms with Crippen molar-refractivity contribution >= 4 is 23.1 Å². The van der Waals surface area contributed by atoms with Crippen LogP contribution in [0.2, 0.25) is 0 Å². The van der Waals surface area contributed by atoms with Gasteiger partial charge in [-0.1, -0.05) is 0 Å². The highest BCUT2D eigenvalue weighted by Gasteiger charge is 2.14. The fourth-order valence-corrected chi connectivity index (χ4v) is 2.81. The van der Waals surface area contributed by atoms with Crippen LogP contribution >= 0.6 is 0 Å². The molecule has 0 spiro atoms. The van der Waals surface area contributed by atoms with Crippen LogP contribution in [0.4, 0.5) is 17.2 Å². The zero-order valence-electron chi connectivity index (χ0n) is 15.6. The van der Waals surface area contributed by atoms with E-state index < -0.39 is 0 Å². The molecule has 26 heavy (non-hydrogen) atoms. The van der Waals surface area contributed by atoms with Crippen molar-refractivity contribution in [1.82, 2.24) is 20.2 Å². The van der Waals surface area contributed by atoms with Gasteiger partial charge in [0.2, 0.25) is 0 Å². The first kappa shape index (κ1) is 18.1. The number of anilines is 3. The van der Waals surface area contributed by atoms with Crippen LogP contribution in [0.15, 0.2) is 36.7 Å². The predicted molar refractivity (Wildman–Crippen MR) is 104 cm³/mol. The van der Waals surface area contributed by atoms with Gasteiger partial charge in [0, 0.05) is 43.6 Å². The molecule has 1 saturated heterocycles. The zero-order valence-corrected chi connectivity index (χ0v) is 15.6. The van der Waals surface area contributed by atoms with Gasteiger partial charge in [-0.2, -0.15) is 0 Å². The monoisotopic (exact) mass is 354 g/mol. The molecular formula is C19H26N6O. The lowest BCUT2D eigenvalue weighted by atomic mass is 10.2. The van der Waals surface area contributed by atoms with E-state index in [0.717, 1.165) is 31.9 Å². The number of piperazine rings is 1. The Hall–Kier alpha value is -2.67. The van der Waals surface area contributed by atoms with E-state index in [4.69, 9.17) is 0 Å². The average Bonchev–Trinajstić information content (AvgIpc) is 2.63. The SMILES string of the molecule is CC(C)NC(=O)c1cnc(Nc2ccc(N3CCN(C)CC3)cc2)cn1. The standard InChI is InChI=1S/C19H26N6O/c1-14(2)22-19(26)17-12-21-18(13-20-17)23-15-4-6-16(7-5-15)25-10-8-24(3)9-11-25/h4-7,12-14H,8-11H2,1-3H3,(H,21,23)(H,22,26). The first-order valence-electron chi connectivity index (χ1n) is 8.95. The molecule has 1 fully saturated rings. The highest BCUT2D eigenvalue weighted by molar-refractivity contribution is 5.92. The number of amides is 1. The summed E-state index contributed by atoms with van der Waals surface area (Å²) in [5, 5.41) is 6.01. The van der Waals surface area contributed by atoms with E-state index >= 15 is 0 Å². The lowest BCUT2D eigenvalue weighted by Gasteiger charge is -2.34. The summed E-state index contributed by atoms with van der Waals surface area (Å²) < 4.78 is 0. The molecule has 7 heteroatoms. The van der Waals surface area contributed by atoms with Crippen LogP contribution in [0.3, 0.4) is 0 Å². The van der Waals surface area contributed by atoms with Gasteiger partial charge in [0.05, 0.1) is 12.4 Å². The molecular weight excluding hydrogens is 328 g/mol. The smallest absolute Gasteiger partial charge is 0.271 e. The summed E-state index contributed by atoms with van der Waals surface area (Å²) in [6, 6.07) is 8.38. The minimum atomic E-state index is -0.212.